The van der Waals surface area contributed by atoms with Crippen molar-refractivity contribution in [3.05, 3.63) is 74.8 Å². The van der Waals surface area contributed by atoms with Gasteiger partial charge in [-0.2, -0.15) is 4.72 Å². The average Bonchev–Trinajstić information content (AvgIpc) is 2.54. The first-order valence-electron chi connectivity index (χ1n) is 7.22. The van der Waals surface area contributed by atoms with Gasteiger partial charge in [0.05, 0.1) is 4.90 Å². The van der Waals surface area contributed by atoms with E-state index in [2.05, 4.69) is 20.7 Å². The zero-order valence-corrected chi connectivity index (χ0v) is 16.6. The van der Waals surface area contributed by atoms with Gasteiger partial charge in [0.1, 0.15) is 6.04 Å². The number of nitrogens with one attached hydrogen (secondary N) is 1. The molecule has 0 radical (unpaired) electrons. The van der Waals surface area contributed by atoms with Crippen LogP contribution in [-0.4, -0.2) is 17.8 Å². The number of hydrogen-bond donors (Lipinski definition) is 1. The highest BCUT2D eigenvalue weighted by Crippen LogP contribution is 2.35. The minimum absolute atomic E-state index is 0.0312. The van der Waals surface area contributed by atoms with Crippen molar-refractivity contribution >= 4 is 37.6 Å². The highest BCUT2D eigenvalue weighted by molar-refractivity contribution is 9.10. The van der Waals surface area contributed by atoms with Crippen LogP contribution >= 0.6 is 27.5 Å². The predicted octanol–water partition coefficient (Wildman–Crippen LogP) is 4.06. The molecule has 2 aromatic rings. The van der Waals surface area contributed by atoms with E-state index in [1.54, 1.807) is 36.4 Å². The molecule has 0 aliphatic heterocycles. The van der Waals surface area contributed by atoms with Crippen LogP contribution in [0.4, 0.5) is 0 Å². The van der Waals surface area contributed by atoms with Gasteiger partial charge in [-0.25, -0.2) is 8.42 Å². The minimum Gasteiger partial charge on any atom is -0.263 e. The summed E-state index contributed by atoms with van der Waals surface area (Å²) >= 11 is 8.90. The van der Waals surface area contributed by atoms with E-state index in [4.69, 9.17) is 11.6 Å². The Balaban J connectivity index is 2.47. The maximum absolute atomic E-state index is 12.7. The molecule has 0 aliphatic carbocycles. The lowest BCUT2D eigenvalue weighted by atomic mass is 10.0. The van der Waals surface area contributed by atoms with Gasteiger partial charge < -0.3 is 0 Å². The van der Waals surface area contributed by atoms with Gasteiger partial charge in [-0.15, -0.1) is 0 Å². The summed E-state index contributed by atoms with van der Waals surface area (Å²) in [5.74, 6) is 0. The van der Waals surface area contributed by atoms with Crippen LogP contribution in [0.1, 0.15) is 24.1 Å². The normalized spacial score (nSPS) is 15.4. The second-order valence-corrected chi connectivity index (χ2v) is 9.46. The lowest BCUT2D eigenvalue weighted by Gasteiger charge is -2.26. The minimum atomic E-state index is -3.97. The molecule has 0 aliphatic rings. The molecule has 6 nitrogen and oxygen atoms in total. The van der Waals surface area contributed by atoms with Crippen LogP contribution < -0.4 is 4.72 Å². The molecule has 2 aromatic carbocycles. The summed E-state index contributed by atoms with van der Waals surface area (Å²) in [6, 6.07) is 11.3. The molecule has 2 rings (SSSR count). The first-order valence-corrected chi connectivity index (χ1v) is 9.87. The Labute approximate surface area is 159 Å². The number of benzene rings is 2. The van der Waals surface area contributed by atoms with Crippen molar-refractivity contribution in [2.24, 2.45) is 0 Å². The number of nitro groups is 1. The fourth-order valence-electron chi connectivity index (χ4n) is 2.18. The van der Waals surface area contributed by atoms with Gasteiger partial charge in [0.15, 0.2) is 0 Å². The molecule has 0 unspecified atom stereocenters. The zero-order chi connectivity index (χ0) is 18.8. The summed E-state index contributed by atoms with van der Waals surface area (Å²) in [6.07, 6.45) is 0. The molecule has 0 aromatic heterocycles. The fraction of sp³-hybridized carbons (Fsp3) is 0.250. The van der Waals surface area contributed by atoms with E-state index in [0.717, 1.165) is 5.56 Å². The van der Waals surface area contributed by atoms with Crippen LogP contribution in [0.25, 0.3) is 0 Å². The number of sulfonamides is 1. The number of halogens is 2. The largest absolute Gasteiger partial charge is 0.291 e. The molecule has 2 atom stereocenters. The van der Waals surface area contributed by atoms with E-state index in [1.807, 2.05) is 6.92 Å². The van der Waals surface area contributed by atoms with Crippen molar-refractivity contribution in [2.75, 3.05) is 0 Å². The second kappa shape index (κ2) is 7.41. The highest BCUT2D eigenvalue weighted by Gasteiger charge is 2.46. The molecular weight excluding hydrogens is 432 g/mol. The van der Waals surface area contributed by atoms with E-state index in [0.29, 0.717) is 10.6 Å². The van der Waals surface area contributed by atoms with Crippen LogP contribution in [0, 0.1) is 17.0 Å². The fourth-order valence-corrected chi connectivity index (χ4v) is 4.14. The summed E-state index contributed by atoms with van der Waals surface area (Å²) in [5.41, 5.74) is 1.32. The Morgan fingerprint density at radius 3 is 2.16 bits per heavy atom. The molecule has 0 bridgehead atoms. The van der Waals surface area contributed by atoms with E-state index < -0.39 is 25.4 Å². The van der Waals surface area contributed by atoms with Gasteiger partial charge in [-0.3, -0.25) is 10.1 Å². The molecule has 9 heteroatoms. The van der Waals surface area contributed by atoms with Gasteiger partial charge in [0.25, 0.3) is 4.45 Å². The molecule has 134 valence electrons. The monoisotopic (exact) mass is 446 g/mol. The third-order valence-corrected chi connectivity index (χ3v) is 6.13. The Morgan fingerprint density at radius 2 is 1.68 bits per heavy atom. The Kier molecular flexibility index (Phi) is 5.88. The Bertz CT molecular complexity index is 868. The molecule has 0 saturated carbocycles. The molecule has 0 heterocycles. The van der Waals surface area contributed by atoms with Crippen molar-refractivity contribution < 1.29 is 13.3 Å². The maximum atomic E-state index is 12.7. The summed E-state index contributed by atoms with van der Waals surface area (Å²) < 4.78 is 26.0. The molecule has 25 heavy (non-hydrogen) atoms. The Morgan fingerprint density at radius 1 is 1.16 bits per heavy atom. The van der Waals surface area contributed by atoms with Crippen molar-refractivity contribution in [1.29, 1.82) is 0 Å². The average molecular weight is 448 g/mol. The topological polar surface area (TPSA) is 89.3 Å². The van der Waals surface area contributed by atoms with Crippen LogP contribution in [0.5, 0.6) is 0 Å². The van der Waals surface area contributed by atoms with Crippen molar-refractivity contribution in [3.8, 4) is 0 Å². The molecule has 0 fully saturated rings. The van der Waals surface area contributed by atoms with Crippen molar-refractivity contribution in [1.82, 2.24) is 4.72 Å². The van der Waals surface area contributed by atoms with Crippen LogP contribution in [0.3, 0.4) is 0 Å². The van der Waals surface area contributed by atoms with E-state index in [-0.39, 0.29) is 4.90 Å². The number of nitrogens with zero attached hydrogens (tertiary/aromatic N) is 1. The molecule has 0 amide bonds. The maximum Gasteiger partial charge on any atom is 0.291 e. The quantitative estimate of drug-likeness (QED) is 0.313. The number of rotatable bonds is 6. The van der Waals surface area contributed by atoms with Crippen LogP contribution in [-0.2, 0) is 10.0 Å². The first kappa shape index (κ1) is 19.8. The van der Waals surface area contributed by atoms with Gasteiger partial charge in [0, 0.05) is 32.8 Å². The number of hydrogen-bond acceptors (Lipinski definition) is 4. The van der Waals surface area contributed by atoms with Gasteiger partial charge in [0.2, 0.25) is 10.0 Å². The van der Waals surface area contributed by atoms with Gasteiger partial charge in [-0.1, -0.05) is 41.4 Å². The molecular formula is C16H16BrClN2O4S. The predicted molar refractivity (Wildman–Crippen MR) is 100 cm³/mol. The smallest absolute Gasteiger partial charge is 0.263 e. The Hall–Kier alpha value is -1.48. The van der Waals surface area contributed by atoms with Crippen LogP contribution in [0.2, 0.25) is 5.02 Å². The molecule has 0 saturated heterocycles. The van der Waals surface area contributed by atoms with Gasteiger partial charge in [-0.05, 0) is 36.8 Å². The van der Waals surface area contributed by atoms with Gasteiger partial charge >= 0.3 is 0 Å². The first-order chi connectivity index (χ1) is 11.5. The molecule has 1 N–H and O–H groups in total. The summed E-state index contributed by atoms with van der Waals surface area (Å²) in [4.78, 5) is 10.9. The second-order valence-electron chi connectivity index (χ2n) is 5.70. The summed E-state index contributed by atoms with van der Waals surface area (Å²) in [6.45, 7) is 3.13. The van der Waals surface area contributed by atoms with Crippen molar-refractivity contribution in [3.63, 3.8) is 0 Å². The van der Waals surface area contributed by atoms with Crippen LogP contribution in [0.15, 0.2) is 53.4 Å². The number of aryl methyl sites for hydroxylation is 1. The summed E-state index contributed by atoms with van der Waals surface area (Å²) in [5, 5.41) is 11.9. The standard InChI is InChI=1S/C16H16BrClN2O4S/c1-11-3-9-14(10-4-11)25(23,24)19-15(16(2,17)20(21)22)12-5-7-13(18)8-6-12/h3-10,15,19H,1-2H3/t15-,16+/m0/s1. The van der Waals surface area contributed by atoms with E-state index >= 15 is 0 Å². The molecule has 0 spiro atoms. The third kappa shape index (κ3) is 4.58. The van der Waals surface area contributed by atoms with E-state index in [9.17, 15) is 18.5 Å². The SMILES string of the molecule is Cc1ccc(S(=O)(=O)N[C@@H](c2ccc(Cl)cc2)[C@](C)(Br)[N+](=O)[O-])cc1. The highest BCUT2D eigenvalue weighted by atomic mass is 79.9. The summed E-state index contributed by atoms with van der Waals surface area (Å²) in [7, 11) is -3.97. The van der Waals surface area contributed by atoms with Crippen molar-refractivity contribution in [2.45, 2.75) is 29.2 Å². The third-order valence-electron chi connectivity index (χ3n) is 3.69. The zero-order valence-electron chi connectivity index (χ0n) is 13.4. The lowest BCUT2D eigenvalue weighted by Crippen LogP contribution is -2.45. The lowest BCUT2D eigenvalue weighted by molar-refractivity contribution is -0.536. The number of alkyl halides is 1. The van der Waals surface area contributed by atoms with E-state index in [1.165, 1.54) is 19.1 Å².